The van der Waals surface area contributed by atoms with Crippen molar-refractivity contribution in [2.45, 2.75) is 50.7 Å². The van der Waals surface area contributed by atoms with Gasteiger partial charge in [-0.2, -0.15) is 0 Å². The molecule has 0 N–H and O–H groups in total. The van der Waals surface area contributed by atoms with E-state index in [1.807, 2.05) is 6.92 Å². The normalized spacial score (nSPS) is 15.8. The molecule has 0 saturated heterocycles. The van der Waals surface area contributed by atoms with E-state index in [0.717, 1.165) is 6.42 Å². The fraction of sp³-hybridized carbons (Fsp3) is 1.00. The summed E-state index contributed by atoms with van der Waals surface area (Å²) < 4.78 is 22.5. The van der Waals surface area contributed by atoms with Gasteiger partial charge in [-0.25, -0.2) is 8.42 Å². The zero-order valence-electron chi connectivity index (χ0n) is 8.80. The molecule has 0 bridgehead atoms. The van der Waals surface area contributed by atoms with Crippen LogP contribution < -0.4 is 0 Å². The third kappa shape index (κ3) is 4.87. The van der Waals surface area contributed by atoms with E-state index >= 15 is 0 Å². The molecule has 0 heterocycles. The van der Waals surface area contributed by atoms with Crippen LogP contribution in [-0.4, -0.2) is 24.3 Å². The molecule has 0 rings (SSSR count). The zero-order valence-corrected chi connectivity index (χ0v) is 10.4. The summed E-state index contributed by atoms with van der Waals surface area (Å²) in [5.41, 5.74) is 0. The Hall–Kier alpha value is 0.240. The van der Waals surface area contributed by atoms with Crippen molar-refractivity contribution in [1.82, 2.24) is 0 Å². The second-order valence-electron chi connectivity index (χ2n) is 4.35. The van der Waals surface area contributed by atoms with Crippen molar-refractivity contribution in [2.75, 3.05) is 5.75 Å². The van der Waals surface area contributed by atoms with Gasteiger partial charge in [0.25, 0.3) is 0 Å². The zero-order chi connectivity index (χ0) is 10.7. The van der Waals surface area contributed by atoms with Gasteiger partial charge in [0, 0.05) is 5.38 Å². The van der Waals surface area contributed by atoms with Gasteiger partial charge in [-0.3, -0.25) is 0 Å². The molecular formula is C9H19ClO2S. The van der Waals surface area contributed by atoms with E-state index in [2.05, 4.69) is 0 Å². The van der Waals surface area contributed by atoms with Crippen LogP contribution in [0.4, 0.5) is 0 Å². The van der Waals surface area contributed by atoms with Gasteiger partial charge in [0.1, 0.15) is 0 Å². The maximum Gasteiger partial charge on any atom is 0.155 e. The predicted molar refractivity (Wildman–Crippen MR) is 58.1 cm³/mol. The Bertz CT molecular complexity index is 237. The van der Waals surface area contributed by atoms with Gasteiger partial charge in [0.2, 0.25) is 0 Å². The van der Waals surface area contributed by atoms with Crippen LogP contribution in [0.2, 0.25) is 0 Å². The topological polar surface area (TPSA) is 34.1 Å². The summed E-state index contributed by atoms with van der Waals surface area (Å²) in [4.78, 5) is 0. The Balaban J connectivity index is 4.07. The first-order valence-electron chi connectivity index (χ1n) is 4.53. The Kier molecular flexibility index (Phi) is 4.73. The van der Waals surface area contributed by atoms with Gasteiger partial charge >= 0.3 is 0 Å². The van der Waals surface area contributed by atoms with Crippen molar-refractivity contribution in [1.29, 1.82) is 0 Å². The molecule has 0 aliphatic carbocycles. The Morgan fingerprint density at radius 3 is 2.08 bits per heavy atom. The third-order valence-electron chi connectivity index (χ3n) is 1.95. The molecule has 0 aromatic rings. The molecule has 13 heavy (non-hydrogen) atoms. The lowest BCUT2D eigenvalue weighted by Gasteiger charge is -2.19. The maximum absolute atomic E-state index is 11.6. The molecule has 0 aromatic heterocycles. The lowest BCUT2D eigenvalue weighted by atomic mass is 10.3. The first kappa shape index (κ1) is 13.2. The Labute approximate surface area is 86.6 Å². The summed E-state index contributed by atoms with van der Waals surface area (Å²) in [5, 5.41) is 0.0650. The molecule has 0 fully saturated rings. The molecule has 0 radical (unpaired) electrons. The van der Waals surface area contributed by atoms with E-state index < -0.39 is 14.6 Å². The van der Waals surface area contributed by atoms with Crippen molar-refractivity contribution in [3.05, 3.63) is 0 Å². The first-order chi connectivity index (χ1) is 5.67. The number of alkyl halides is 1. The summed E-state index contributed by atoms with van der Waals surface area (Å²) in [6.45, 7) is 7.07. The van der Waals surface area contributed by atoms with Crippen molar-refractivity contribution in [2.24, 2.45) is 0 Å². The molecular weight excluding hydrogens is 208 g/mol. The number of sulfone groups is 1. The van der Waals surface area contributed by atoms with E-state index in [4.69, 9.17) is 11.6 Å². The minimum atomic E-state index is -2.95. The SMILES string of the molecule is CC(Cl)CCCS(=O)(=O)C(C)(C)C. The standard InChI is InChI=1S/C9H19ClO2S/c1-8(10)6-5-7-13(11,12)9(2,3)4/h8H,5-7H2,1-4H3. The Morgan fingerprint density at radius 1 is 1.31 bits per heavy atom. The second-order valence-corrected chi connectivity index (χ2v) is 7.96. The first-order valence-corrected chi connectivity index (χ1v) is 6.62. The predicted octanol–water partition coefficient (Wildman–Crippen LogP) is 2.61. The molecule has 1 atom stereocenters. The van der Waals surface area contributed by atoms with Gasteiger partial charge in [-0.15, -0.1) is 11.6 Å². The smallest absolute Gasteiger partial charge is 0.155 e. The molecule has 0 aliphatic heterocycles. The van der Waals surface area contributed by atoms with Gasteiger partial charge in [-0.1, -0.05) is 0 Å². The molecule has 0 aromatic carbocycles. The number of rotatable bonds is 4. The molecule has 0 spiro atoms. The van der Waals surface area contributed by atoms with Crippen LogP contribution >= 0.6 is 11.6 Å². The molecule has 0 amide bonds. The molecule has 80 valence electrons. The lowest BCUT2D eigenvalue weighted by molar-refractivity contribution is 0.556. The van der Waals surface area contributed by atoms with Crippen LogP contribution in [-0.2, 0) is 9.84 Å². The van der Waals surface area contributed by atoms with Crippen molar-refractivity contribution < 1.29 is 8.42 Å². The van der Waals surface area contributed by atoms with Gasteiger partial charge < -0.3 is 0 Å². The summed E-state index contributed by atoms with van der Waals surface area (Å²) in [6.07, 6.45) is 1.42. The van der Waals surface area contributed by atoms with E-state index in [-0.39, 0.29) is 11.1 Å². The van der Waals surface area contributed by atoms with Crippen LogP contribution in [0.1, 0.15) is 40.5 Å². The number of hydrogen-bond donors (Lipinski definition) is 0. The molecule has 1 unspecified atom stereocenters. The van der Waals surface area contributed by atoms with Crippen LogP contribution in [0.15, 0.2) is 0 Å². The largest absolute Gasteiger partial charge is 0.228 e. The van der Waals surface area contributed by atoms with Crippen LogP contribution in [0.25, 0.3) is 0 Å². The minimum Gasteiger partial charge on any atom is -0.228 e. The highest BCUT2D eigenvalue weighted by molar-refractivity contribution is 7.92. The number of halogens is 1. The summed E-state index contributed by atoms with van der Waals surface area (Å²) >= 11 is 5.73. The molecule has 4 heteroatoms. The lowest BCUT2D eigenvalue weighted by Crippen LogP contribution is -2.30. The van der Waals surface area contributed by atoms with E-state index in [0.29, 0.717) is 6.42 Å². The van der Waals surface area contributed by atoms with Gasteiger partial charge in [0.15, 0.2) is 9.84 Å². The monoisotopic (exact) mass is 226 g/mol. The van der Waals surface area contributed by atoms with Crippen molar-refractivity contribution in [3.8, 4) is 0 Å². The third-order valence-corrected chi connectivity index (χ3v) is 4.86. The van der Waals surface area contributed by atoms with Crippen LogP contribution in [0, 0.1) is 0 Å². The quantitative estimate of drug-likeness (QED) is 0.691. The fourth-order valence-corrected chi connectivity index (χ4v) is 2.17. The average molecular weight is 227 g/mol. The minimum absolute atomic E-state index is 0.0650. The summed E-state index contributed by atoms with van der Waals surface area (Å²) in [5.74, 6) is 0.244. The fourth-order valence-electron chi connectivity index (χ4n) is 0.861. The highest BCUT2D eigenvalue weighted by Crippen LogP contribution is 2.18. The van der Waals surface area contributed by atoms with Crippen molar-refractivity contribution >= 4 is 21.4 Å². The highest BCUT2D eigenvalue weighted by Gasteiger charge is 2.28. The Morgan fingerprint density at radius 2 is 1.77 bits per heavy atom. The van der Waals surface area contributed by atoms with Crippen molar-refractivity contribution in [3.63, 3.8) is 0 Å². The number of hydrogen-bond acceptors (Lipinski definition) is 2. The van der Waals surface area contributed by atoms with E-state index in [9.17, 15) is 8.42 Å². The van der Waals surface area contributed by atoms with Gasteiger partial charge in [-0.05, 0) is 40.5 Å². The maximum atomic E-state index is 11.6. The van der Waals surface area contributed by atoms with E-state index in [1.165, 1.54) is 0 Å². The molecule has 2 nitrogen and oxygen atoms in total. The van der Waals surface area contributed by atoms with E-state index in [1.54, 1.807) is 20.8 Å². The summed E-state index contributed by atoms with van der Waals surface area (Å²) in [7, 11) is -2.95. The second kappa shape index (κ2) is 4.65. The average Bonchev–Trinajstić information content (AvgIpc) is 1.82. The molecule has 0 saturated carbocycles. The molecule has 0 aliphatic rings. The van der Waals surface area contributed by atoms with Crippen LogP contribution in [0.5, 0.6) is 0 Å². The van der Waals surface area contributed by atoms with Gasteiger partial charge in [0.05, 0.1) is 10.5 Å². The summed E-state index contributed by atoms with van der Waals surface area (Å²) in [6, 6.07) is 0. The van der Waals surface area contributed by atoms with Crippen LogP contribution in [0.3, 0.4) is 0 Å². The highest BCUT2D eigenvalue weighted by atomic mass is 35.5.